The van der Waals surface area contributed by atoms with Gasteiger partial charge in [0.25, 0.3) is 0 Å². The number of aromatic nitrogens is 1. The van der Waals surface area contributed by atoms with Gasteiger partial charge in [0.05, 0.1) is 0 Å². The summed E-state index contributed by atoms with van der Waals surface area (Å²) in [6.07, 6.45) is -1.99. The van der Waals surface area contributed by atoms with Crippen LogP contribution in [0.15, 0.2) is 30.0 Å². The number of nitrogens with zero attached hydrogens (tertiary/aromatic N) is 2. The van der Waals surface area contributed by atoms with Gasteiger partial charge in [-0.15, -0.1) is 0 Å². The zero-order valence-electron chi connectivity index (χ0n) is 9.81. The highest BCUT2D eigenvalue weighted by Crippen LogP contribution is 2.31. The van der Waals surface area contributed by atoms with Crippen molar-refractivity contribution >= 4 is 11.8 Å². The first kappa shape index (κ1) is 13.4. The molecule has 0 saturated heterocycles. The maximum atomic E-state index is 12.5. The van der Waals surface area contributed by atoms with E-state index in [1.807, 2.05) is 0 Å². The molecular weight excluding hydrogens is 261 g/mol. The van der Waals surface area contributed by atoms with Crippen molar-refractivity contribution in [3.63, 3.8) is 0 Å². The Hall–Kier alpha value is -2.05. The van der Waals surface area contributed by atoms with Gasteiger partial charge >= 0.3 is 12.1 Å². The molecule has 1 aromatic heterocycles. The van der Waals surface area contributed by atoms with Gasteiger partial charge in [0, 0.05) is 24.9 Å². The van der Waals surface area contributed by atoms with Crippen LogP contribution in [0.2, 0.25) is 0 Å². The second-order valence-electron chi connectivity index (χ2n) is 4.10. The van der Waals surface area contributed by atoms with Crippen LogP contribution in [0.5, 0.6) is 0 Å². The highest BCUT2D eigenvalue weighted by Gasteiger charge is 2.35. The van der Waals surface area contributed by atoms with Crippen LogP contribution in [0.25, 0.3) is 0 Å². The monoisotopic (exact) mass is 272 g/mol. The van der Waals surface area contributed by atoms with Gasteiger partial charge < -0.3 is 10.0 Å². The number of alkyl halides is 3. The molecule has 4 nitrogen and oxygen atoms in total. The van der Waals surface area contributed by atoms with Gasteiger partial charge in [0.1, 0.15) is 11.4 Å². The quantitative estimate of drug-likeness (QED) is 0.840. The number of carboxylic acids is 1. The van der Waals surface area contributed by atoms with Gasteiger partial charge in [-0.3, -0.25) is 0 Å². The first-order chi connectivity index (χ1) is 8.89. The largest absolute Gasteiger partial charge is 0.478 e. The highest BCUT2D eigenvalue weighted by molar-refractivity contribution is 5.93. The van der Waals surface area contributed by atoms with E-state index in [9.17, 15) is 18.0 Å². The standard InChI is InChI=1S/C12H11F3N2O2/c13-12(14,15)8-3-6-17(7-4-8)10-9(11(18)19)2-1-5-16-10/h1-3,5H,4,6-7H2,(H,18,19). The molecule has 1 aliphatic heterocycles. The zero-order valence-corrected chi connectivity index (χ0v) is 9.81. The van der Waals surface area contributed by atoms with Crippen molar-refractivity contribution in [3.8, 4) is 0 Å². The summed E-state index contributed by atoms with van der Waals surface area (Å²) in [5.41, 5.74) is -0.581. The minimum absolute atomic E-state index is 0.00609. The fourth-order valence-electron chi connectivity index (χ4n) is 1.93. The molecule has 1 aromatic rings. The normalized spacial score (nSPS) is 16.2. The smallest absolute Gasteiger partial charge is 0.412 e. The van der Waals surface area contributed by atoms with Crippen LogP contribution in [0, 0.1) is 0 Å². The molecule has 0 saturated carbocycles. The average molecular weight is 272 g/mol. The van der Waals surface area contributed by atoms with E-state index >= 15 is 0 Å². The minimum atomic E-state index is -4.31. The number of rotatable bonds is 2. The number of carboxylic acid groups (broad SMARTS) is 1. The van der Waals surface area contributed by atoms with Crippen molar-refractivity contribution in [1.29, 1.82) is 0 Å². The van der Waals surface area contributed by atoms with Gasteiger partial charge in [-0.25, -0.2) is 9.78 Å². The lowest BCUT2D eigenvalue weighted by Crippen LogP contribution is -2.33. The van der Waals surface area contributed by atoms with Crippen LogP contribution >= 0.6 is 0 Å². The molecule has 0 spiro atoms. The Labute approximate surface area is 107 Å². The van der Waals surface area contributed by atoms with Gasteiger partial charge in [-0.2, -0.15) is 13.2 Å². The van der Waals surface area contributed by atoms with E-state index < -0.39 is 17.7 Å². The fraction of sp³-hybridized carbons (Fsp3) is 0.333. The summed E-state index contributed by atoms with van der Waals surface area (Å²) in [6, 6.07) is 2.86. The van der Waals surface area contributed by atoms with E-state index in [-0.39, 0.29) is 30.9 Å². The molecule has 102 valence electrons. The summed E-state index contributed by atoms with van der Waals surface area (Å²) in [6.45, 7) is 0.106. The number of hydrogen-bond acceptors (Lipinski definition) is 3. The molecule has 7 heteroatoms. The first-order valence-electron chi connectivity index (χ1n) is 5.59. The molecule has 0 aliphatic carbocycles. The summed E-state index contributed by atoms with van der Waals surface area (Å²) in [7, 11) is 0. The highest BCUT2D eigenvalue weighted by atomic mass is 19.4. The fourth-order valence-corrected chi connectivity index (χ4v) is 1.93. The van der Waals surface area contributed by atoms with E-state index in [4.69, 9.17) is 5.11 Å². The molecule has 0 unspecified atom stereocenters. The van der Waals surface area contributed by atoms with Gasteiger partial charge in [0.2, 0.25) is 0 Å². The van der Waals surface area contributed by atoms with Crippen molar-refractivity contribution in [3.05, 3.63) is 35.5 Å². The molecule has 0 bridgehead atoms. The van der Waals surface area contributed by atoms with E-state index in [0.29, 0.717) is 0 Å². The summed E-state index contributed by atoms with van der Waals surface area (Å²) >= 11 is 0. The average Bonchev–Trinajstić information content (AvgIpc) is 2.38. The molecule has 2 rings (SSSR count). The van der Waals surface area contributed by atoms with E-state index in [2.05, 4.69) is 4.98 Å². The number of pyridine rings is 1. The maximum Gasteiger partial charge on any atom is 0.412 e. The molecule has 0 atom stereocenters. The third kappa shape index (κ3) is 2.86. The lowest BCUT2D eigenvalue weighted by atomic mass is 10.1. The SMILES string of the molecule is O=C(O)c1cccnc1N1CC=C(C(F)(F)F)CC1. The van der Waals surface area contributed by atoms with Crippen LogP contribution in [-0.2, 0) is 0 Å². The molecule has 0 amide bonds. The van der Waals surface area contributed by atoms with Crippen LogP contribution in [0.3, 0.4) is 0 Å². The number of aromatic carboxylic acids is 1. The molecule has 1 aliphatic rings. The minimum Gasteiger partial charge on any atom is -0.478 e. The van der Waals surface area contributed by atoms with Gasteiger partial charge in [-0.05, 0) is 18.6 Å². The summed E-state index contributed by atoms with van der Waals surface area (Å²) in [4.78, 5) is 16.5. The molecule has 0 aromatic carbocycles. The second kappa shape index (κ2) is 4.91. The van der Waals surface area contributed by atoms with Crippen molar-refractivity contribution in [2.24, 2.45) is 0 Å². The second-order valence-corrected chi connectivity index (χ2v) is 4.10. The van der Waals surface area contributed by atoms with Gasteiger partial charge in [-0.1, -0.05) is 6.08 Å². The predicted molar refractivity (Wildman–Crippen MR) is 62.2 cm³/mol. The third-order valence-electron chi connectivity index (χ3n) is 2.89. The Morgan fingerprint density at radius 1 is 1.42 bits per heavy atom. The topological polar surface area (TPSA) is 53.4 Å². The predicted octanol–water partition coefficient (Wildman–Crippen LogP) is 2.48. The number of anilines is 1. The molecule has 0 radical (unpaired) electrons. The van der Waals surface area contributed by atoms with Crippen LogP contribution in [0.1, 0.15) is 16.8 Å². The zero-order chi connectivity index (χ0) is 14.0. The molecule has 2 heterocycles. The Morgan fingerprint density at radius 2 is 2.16 bits per heavy atom. The molecule has 1 N–H and O–H groups in total. The molecular formula is C12H11F3N2O2. The number of hydrogen-bond donors (Lipinski definition) is 1. The summed E-state index contributed by atoms with van der Waals surface area (Å²) in [5.74, 6) is -0.943. The number of carbonyl (C=O) groups is 1. The summed E-state index contributed by atoms with van der Waals surface area (Å²) < 4.78 is 37.4. The van der Waals surface area contributed by atoms with Crippen LogP contribution in [-0.4, -0.2) is 35.3 Å². The molecule has 0 fully saturated rings. The van der Waals surface area contributed by atoms with Crippen molar-refractivity contribution < 1.29 is 23.1 Å². The van der Waals surface area contributed by atoms with E-state index in [0.717, 1.165) is 6.08 Å². The number of halogens is 3. The lowest BCUT2D eigenvalue weighted by Gasteiger charge is -2.28. The van der Waals surface area contributed by atoms with Crippen molar-refractivity contribution in [2.75, 3.05) is 18.0 Å². The lowest BCUT2D eigenvalue weighted by molar-refractivity contribution is -0.0944. The Kier molecular flexibility index (Phi) is 3.46. The Morgan fingerprint density at radius 3 is 2.68 bits per heavy atom. The Bertz CT molecular complexity index is 526. The van der Waals surface area contributed by atoms with E-state index in [1.165, 1.54) is 23.2 Å². The van der Waals surface area contributed by atoms with Crippen LogP contribution in [0.4, 0.5) is 19.0 Å². The van der Waals surface area contributed by atoms with Gasteiger partial charge in [0.15, 0.2) is 0 Å². The summed E-state index contributed by atoms with van der Waals surface area (Å²) in [5, 5.41) is 9.02. The van der Waals surface area contributed by atoms with Crippen molar-refractivity contribution in [1.82, 2.24) is 4.98 Å². The van der Waals surface area contributed by atoms with Crippen molar-refractivity contribution in [2.45, 2.75) is 12.6 Å². The maximum absolute atomic E-state index is 12.5. The van der Waals surface area contributed by atoms with Crippen LogP contribution < -0.4 is 4.90 Å². The third-order valence-corrected chi connectivity index (χ3v) is 2.89. The Balaban J connectivity index is 2.23. The van der Waals surface area contributed by atoms with E-state index in [1.54, 1.807) is 0 Å². The first-order valence-corrected chi connectivity index (χ1v) is 5.59. The molecule has 19 heavy (non-hydrogen) atoms.